The summed E-state index contributed by atoms with van der Waals surface area (Å²) in [6, 6.07) is 6.50. The summed E-state index contributed by atoms with van der Waals surface area (Å²) in [7, 11) is -2.37. The molecule has 188 valence electrons. The Morgan fingerprint density at radius 3 is 2.20 bits per heavy atom. The molecule has 0 atom stereocenters. The molecule has 1 N–H and O–H groups in total. The Labute approximate surface area is 201 Å². The number of hydrogen-bond donors (Lipinski definition) is 1. The molecule has 1 saturated heterocycles. The molecular weight excluding hydrogens is 484 g/mol. The maximum absolute atomic E-state index is 13.1. The predicted molar refractivity (Wildman–Crippen MR) is 124 cm³/mol. The summed E-state index contributed by atoms with van der Waals surface area (Å²) in [5.74, 6) is -0.783. The summed E-state index contributed by atoms with van der Waals surface area (Å²) in [4.78, 5) is 33.5. The van der Waals surface area contributed by atoms with Gasteiger partial charge in [-0.2, -0.15) is 4.31 Å². The Morgan fingerprint density at radius 2 is 1.63 bits per heavy atom. The number of rotatable bonds is 10. The third kappa shape index (κ3) is 6.29. The van der Waals surface area contributed by atoms with Crippen LogP contribution in [0.1, 0.15) is 29.6 Å². The molecule has 1 amide bonds. The fourth-order valence-corrected chi connectivity index (χ4v) is 5.06. The highest BCUT2D eigenvalue weighted by Gasteiger charge is 2.27. The van der Waals surface area contributed by atoms with Gasteiger partial charge in [0.05, 0.1) is 38.7 Å². The minimum Gasteiger partial charge on any atom is -0.489 e. The zero-order valence-electron chi connectivity index (χ0n) is 18.8. The number of sulfonamides is 1. The number of benzene rings is 2. The van der Waals surface area contributed by atoms with E-state index in [-0.39, 0.29) is 35.1 Å². The van der Waals surface area contributed by atoms with Crippen molar-refractivity contribution in [1.82, 2.24) is 4.31 Å². The van der Waals surface area contributed by atoms with Crippen molar-refractivity contribution in [3.8, 4) is 5.75 Å². The van der Waals surface area contributed by atoms with Crippen LogP contribution in [0.2, 0.25) is 0 Å². The number of piperidine rings is 1. The molecule has 1 aliphatic heterocycles. The van der Waals surface area contributed by atoms with Gasteiger partial charge in [0.1, 0.15) is 12.4 Å². The molecule has 0 unspecified atom stereocenters. The molecule has 1 fully saturated rings. The molecular formula is C21H24N4O9S. The highest BCUT2D eigenvalue weighted by Crippen LogP contribution is 2.31. The Balaban J connectivity index is 1.98. The predicted octanol–water partition coefficient (Wildman–Crippen LogP) is 2.96. The largest absolute Gasteiger partial charge is 0.489 e. The average molecular weight is 509 g/mol. The molecule has 0 saturated carbocycles. The number of non-ortho nitro benzene ring substituents is 2. The second kappa shape index (κ2) is 11.2. The van der Waals surface area contributed by atoms with Gasteiger partial charge in [-0.15, -0.1) is 0 Å². The molecule has 0 bridgehead atoms. The molecule has 1 heterocycles. The number of carbonyl (C=O) groups is 1. The van der Waals surface area contributed by atoms with Crippen molar-refractivity contribution >= 4 is 33.0 Å². The van der Waals surface area contributed by atoms with Crippen molar-refractivity contribution < 1.29 is 32.5 Å². The number of carbonyl (C=O) groups excluding carboxylic acids is 1. The molecule has 0 aliphatic carbocycles. The van der Waals surface area contributed by atoms with E-state index in [0.29, 0.717) is 13.1 Å². The van der Waals surface area contributed by atoms with Crippen LogP contribution in [0.25, 0.3) is 0 Å². The lowest BCUT2D eigenvalue weighted by Gasteiger charge is -2.26. The summed E-state index contributed by atoms with van der Waals surface area (Å²) in [5, 5.41) is 24.8. The van der Waals surface area contributed by atoms with Crippen LogP contribution < -0.4 is 10.1 Å². The van der Waals surface area contributed by atoms with Crippen LogP contribution in [-0.4, -0.2) is 61.9 Å². The Bertz CT molecular complexity index is 1200. The van der Waals surface area contributed by atoms with E-state index in [1.807, 2.05) is 0 Å². The van der Waals surface area contributed by atoms with Gasteiger partial charge in [-0.1, -0.05) is 6.42 Å². The number of amides is 1. The summed E-state index contributed by atoms with van der Waals surface area (Å²) in [6.45, 7) is 1.08. The van der Waals surface area contributed by atoms with Crippen LogP contribution in [-0.2, 0) is 14.8 Å². The second-order valence-corrected chi connectivity index (χ2v) is 9.61. The number of nitro groups is 2. The maximum atomic E-state index is 13.1. The number of hydrogen-bond acceptors (Lipinski definition) is 9. The highest BCUT2D eigenvalue weighted by atomic mass is 32.2. The van der Waals surface area contributed by atoms with Gasteiger partial charge in [0.2, 0.25) is 10.0 Å². The molecule has 2 aromatic rings. The lowest BCUT2D eigenvalue weighted by molar-refractivity contribution is -0.394. The van der Waals surface area contributed by atoms with Gasteiger partial charge < -0.3 is 14.8 Å². The first-order valence-electron chi connectivity index (χ1n) is 10.6. The topological polar surface area (TPSA) is 171 Å². The number of nitrogens with zero attached hydrogens (tertiary/aromatic N) is 3. The Kier molecular flexibility index (Phi) is 8.32. The monoisotopic (exact) mass is 508 g/mol. The summed E-state index contributed by atoms with van der Waals surface area (Å²) < 4.78 is 38.1. The molecule has 14 heteroatoms. The fourth-order valence-electron chi connectivity index (χ4n) is 3.51. The summed E-state index contributed by atoms with van der Waals surface area (Å²) in [6.07, 6.45) is 2.42. The van der Waals surface area contributed by atoms with Gasteiger partial charge in [0.25, 0.3) is 17.3 Å². The number of anilines is 1. The third-order valence-corrected chi connectivity index (χ3v) is 7.18. The van der Waals surface area contributed by atoms with Crippen molar-refractivity contribution in [3.05, 3.63) is 62.2 Å². The standard InChI is InChI=1S/C21H24N4O9S/c1-33-9-10-34-20-6-5-18(35(31,32)23-7-3-2-4-8-23)14-19(20)22-21(26)15-11-16(24(27)28)13-17(12-15)25(29)30/h5-6,11-14H,2-4,7-10H2,1H3,(H,22,26). The average Bonchev–Trinajstić information content (AvgIpc) is 2.85. The first-order valence-corrected chi connectivity index (χ1v) is 12.1. The Hall–Kier alpha value is -3.62. The minimum absolute atomic E-state index is 0.0154. The number of methoxy groups -OCH3 is 1. The van der Waals surface area contributed by atoms with E-state index in [1.54, 1.807) is 0 Å². The smallest absolute Gasteiger partial charge is 0.277 e. The van der Waals surface area contributed by atoms with Gasteiger partial charge in [0.15, 0.2) is 0 Å². The van der Waals surface area contributed by atoms with Gasteiger partial charge >= 0.3 is 0 Å². The number of nitro benzene ring substituents is 2. The van der Waals surface area contributed by atoms with Crippen molar-refractivity contribution in [3.63, 3.8) is 0 Å². The third-order valence-electron chi connectivity index (χ3n) is 5.28. The van der Waals surface area contributed by atoms with Crippen molar-refractivity contribution in [2.24, 2.45) is 0 Å². The number of ether oxygens (including phenoxy) is 2. The van der Waals surface area contributed by atoms with Gasteiger partial charge in [-0.05, 0) is 31.0 Å². The SMILES string of the molecule is COCCOc1ccc(S(=O)(=O)N2CCCCC2)cc1NC(=O)c1cc([N+](=O)[O-])cc([N+](=O)[O-])c1. The quantitative estimate of drug-likeness (QED) is 0.288. The van der Waals surface area contributed by atoms with E-state index in [0.717, 1.165) is 37.5 Å². The van der Waals surface area contributed by atoms with E-state index in [9.17, 15) is 33.4 Å². The molecule has 35 heavy (non-hydrogen) atoms. The zero-order valence-corrected chi connectivity index (χ0v) is 19.7. The maximum Gasteiger partial charge on any atom is 0.277 e. The molecule has 0 aromatic heterocycles. The first kappa shape index (κ1) is 26.0. The summed E-state index contributed by atoms with van der Waals surface area (Å²) >= 11 is 0. The van der Waals surface area contributed by atoms with Crippen molar-refractivity contribution in [2.45, 2.75) is 24.2 Å². The lowest BCUT2D eigenvalue weighted by Crippen LogP contribution is -2.35. The molecule has 2 aromatic carbocycles. The second-order valence-electron chi connectivity index (χ2n) is 7.67. The van der Waals surface area contributed by atoms with Crippen LogP contribution in [0.5, 0.6) is 5.75 Å². The molecule has 13 nitrogen and oxygen atoms in total. The van der Waals surface area contributed by atoms with Crippen LogP contribution in [0.4, 0.5) is 17.1 Å². The normalized spacial score (nSPS) is 14.3. The molecule has 0 spiro atoms. The van der Waals surface area contributed by atoms with E-state index >= 15 is 0 Å². The highest BCUT2D eigenvalue weighted by molar-refractivity contribution is 7.89. The first-order chi connectivity index (χ1) is 16.6. The van der Waals surface area contributed by atoms with E-state index in [4.69, 9.17) is 9.47 Å². The van der Waals surface area contributed by atoms with Crippen LogP contribution >= 0.6 is 0 Å². The van der Waals surface area contributed by atoms with Gasteiger partial charge in [-0.25, -0.2) is 8.42 Å². The molecule has 3 rings (SSSR count). The van der Waals surface area contributed by atoms with Crippen molar-refractivity contribution in [2.75, 3.05) is 38.7 Å². The number of nitrogens with one attached hydrogen (secondary N) is 1. The van der Waals surface area contributed by atoms with Crippen LogP contribution in [0.15, 0.2) is 41.3 Å². The minimum atomic E-state index is -3.84. The van der Waals surface area contributed by atoms with Crippen LogP contribution in [0.3, 0.4) is 0 Å². The van der Waals surface area contributed by atoms with Gasteiger partial charge in [-0.3, -0.25) is 25.0 Å². The van der Waals surface area contributed by atoms with Crippen molar-refractivity contribution in [1.29, 1.82) is 0 Å². The van der Waals surface area contributed by atoms with Crippen LogP contribution in [0, 0.1) is 20.2 Å². The molecule has 1 aliphatic rings. The van der Waals surface area contributed by atoms with E-state index in [1.165, 1.54) is 29.6 Å². The fraction of sp³-hybridized carbons (Fsp3) is 0.381. The Morgan fingerprint density at radius 1 is 1.00 bits per heavy atom. The zero-order chi connectivity index (χ0) is 25.6. The summed E-state index contributed by atoms with van der Waals surface area (Å²) in [5.41, 5.74) is -1.64. The van der Waals surface area contributed by atoms with E-state index in [2.05, 4.69) is 5.32 Å². The lowest BCUT2D eigenvalue weighted by atomic mass is 10.1. The molecule has 0 radical (unpaired) electrons. The van der Waals surface area contributed by atoms with Gasteiger partial charge in [0, 0.05) is 32.3 Å². The van der Waals surface area contributed by atoms with E-state index < -0.39 is 37.2 Å².